The Morgan fingerprint density at radius 1 is 1.25 bits per heavy atom. The molecule has 0 saturated heterocycles. The van der Waals surface area contributed by atoms with Gasteiger partial charge in [0.15, 0.2) is 0 Å². The minimum atomic E-state index is 0.568. The van der Waals surface area contributed by atoms with E-state index in [2.05, 4.69) is 58.2 Å². The van der Waals surface area contributed by atoms with E-state index in [-0.39, 0.29) is 0 Å². The Morgan fingerprint density at radius 2 is 2.00 bits per heavy atom. The molecule has 0 radical (unpaired) electrons. The Bertz CT molecular complexity index is 464. The van der Waals surface area contributed by atoms with E-state index in [1.165, 1.54) is 48.0 Å². The molecular weight excluding hydrogens is 312 g/mol. The molecule has 0 amide bonds. The molecular formula is C17H25BrN2. The highest BCUT2D eigenvalue weighted by Crippen LogP contribution is 2.33. The zero-order chi connectivity index (χ0) is 14.1. The van der Waals surface area contributed by atoms with Crippen LogP contribution in [0, 0.1) is 5.92 Å². The molecule has 2 aliphatic rings. The molecule has 3 rings (SSSR count). The van der Waals surface area contributed by atoms with E-state index in [0.29, 0.717) is 6.04 Å². The van der Waals surface area contributed by atoms with Gasteiger partial charge in [0, 0.05) is 35.3 Å². The van der Waals surface area contributed by atoms with E-state index in [0.717, 1.165) is 18.5 Å². The van der Waals surface area contributed by atoms with Crippen LogP contribution in [-0.4, -0.2) is 18.6 Å². The third-order valence-electron chi connectivity index (χ3n) is 4.30. The zero-order valence-corrected chi connectivity index (χ0v) is 14.1. The number of nitrogens with one attached hydrogen (secondary N) is 1. The molecule has 2 aliphatic carbocycles. The van der Waals surface area contributed by atoms with Crippen LogP contribution < -0.4 is 10.2 Å². The van der Waals surface area contributed by atoms with Crippen molar-refractivity contribution in [2.75, 3.05) is 11.4 Å². The molecule has 2 nitrogen and oxygen atoms in total. The maximum atomic E-state index is 3.75. The smallest absolute Gasteiger partial charge is 0.0380 e. The Kier molecular flexibility index (Phi) is 4.37. The normalized spacial score (nSPS) is 18.6. The molecule has 0 aliphatic heterocycles. The summed E-state index contributed by atoms with van der Waals surface area (Å²) >= 11 is 3.75. The van der Waals surface area contributed by atoms with Gasteiger partial charge in [-0.25, -0.2) is 0 Å². The summed E-state index contributed by atoms with van der Waals surface area (Å²) in [6, 6.07) is 8.20. The molecule has 2 fully saturated rings. The Morgan fingerprint density at radius 3 is 2.55 bits per heavy atom. The Labute approximate surface area is 131 Å². The van der Waals surface area contributed by atoms with Crippen LogP contribution in [0.2, 0.25) is 0 Å². The van der Waals surface area contributed by atoms with Crippen LogP contribution in [0.5, 0.6) is 0 Å². The van der Waals surface area contributed by atoms with Crippen LogP contribution in [0.4, 0.5) is 5.69 Å². The van der Waals surface area contributed by atoms with Crippen LogP contribution in [0.3, 0.4) is 0 Å². The lowest BCUT2D eigenvalue weighted by Gasteiger charge is -2.29. The maximum absolute atomic E-state index is 3.75. The van der Waals surface area contributed by atoms with Gasteiger partial charge in [0.2, 0.25) is 0 Å². The van der Waals surface area contributed by atoms with Gasteiger partial charge in [0.05, 0.1) is 0 Å². The lowest BCUT2D eigenvalue weighted by Crippen LogP contribution is -2.32. The molecule has 110 valence electrons. The first-order valence-electron chi connectivity index (χ1n) is 7.92. The van der Waals surface area contributed by atoms with Gasteiger partial charge in [-0.05, 0) is 63.1 Å². The molecule has 3 heteroatoms. The zero-order valence-electron chi connectivity index (χ0n) is 12.5. The largest absolute Gasteiger partial charge is 0.369 e. The highest BCUT2D eigenvalue weighted by Gasteiger charge is 2.26. The molecule has 0 atom stereocenters. The molecule has 0 aromatic heterocycles. The molecule has 0 heterocycles. The van der Waals surface area contributed by atoms with Crippen molar-refractivity contribution >= 4 is 21.6 Å². The highest BCUT2D eigenvalue weighted by atomic mass is 79.9. The fraction of sp³-hybridized carbons (Fsp3) is 0.647. The van der Waals surface area contributed by atoms with E-state index in [1.807, 2.05) is 0 Å². The molecule has 0 spiro atoms. The van der Waals surface area contributed by atoms with Crippen LogP contribution in [0.25, 0.3) is 0 Å². The van der Waals surface area contributed by atoms with Crippen molar-refractivity contribution < 1.29 is 0 Å². The van der Waals surface area contributed by atoms with Crippen molar-refractivity contribution in [1.29, 1.82) is 0 Å². The quantitative estimate of drug-likeness (QED) is 0.797. The predicted octanol–water partition coefficient (Wildman–Crippen LogP) is 4.33. The summed E-state index contributed by atoms with van der Waals surface area (Å²) in [5.41, 5.74) is 2.73. The van der Waals surface area contributed by atoms with Crippen LogP contribution >= 0.6 is 15.9 Å². The van der Waals surface area contributed by atoms with E-state index >= 15 is 0 Å². The van der Waals surface area contributed by atoms with Gasteiger partial charge in [0.1, 0.15) is 0 Å². The summed E-state index contributed by atoms with van der Waals surface area (Å²) in [4.78, 5) is 2.54. The fourth-order valence-corrected chi connectivity index (χ4v) is 3.10. The van der Waals surface area contributed by atoms with Crippen molar-refractivity contribution in [2.45, 2.75) is 58.2 Å². The number of anilines is 1. The lowest BCUT2D eigenvalue weighted by molar-refractivity contribution is 0.643. The van der Waals surface area contributed by atoms with E-state index in [1.54, 1.807) is 0 Å². The average Bonchev–Trinajstić information content (AvgIpc) is 3.28. The molecule has 1 aromatic rings. The van der Waals surface area contributed by atoms with Crippen molar-refractivity contribution in [3.63, 3.8) is 0 Å². The summed E-state index contributed by atoms with van der Waals surface area (Å²) in [7, 11) is 0. The molecule has 20 heavy (non-hydrogen) atoms. The summed E-state index contributed by atoms with van der Waals surface area (Å²) in [5.74, 6) is 0.924. The summed E-state index contributed by atoms with van der Waals surface area (Å²) in [6.45, 7) is 6.78. The van der Waals surface area contributed by atoms with Crippen molar-refractivity contribution in [1.82, 2.24) is 5.32 Å². The van der Waals surface area contributed by atoms with Crippen LogP contribution in [0.1, 0.15) is 45.1 Å². The summed E-state index contributed by atoms with van der Waals surface area (Å²) in [6.07, 6.45) is 5.51. The minimum Gasteiger partial charge on any atom is -0.369 e. The van der Waals surface area contributed by atoms with E-state index in [9.17, 15) is 0 Å². The first kappa shape index (κ1) is 14.4. The van der Waals surface area contributed by atoms with Gasteiger partial charge in [0.25, 0.3) is 0 Å². The molecule has 1 N–H and O–H groups in total. The van der Waals surface area contributed by atoms with Crippen LogP contribution in [0.15, 0.2) is 22.7 Å². The molecule has 0 unspecified atom stereocenters. The minimum absolute atomic E-state index is 0.568. The highest BCUT2D eigenvalue weighted by molar-refractivity contribution is 9.10. The van der Waals surface area contributed by atoms with Crippen molar-refractivity contribution in [3.05, 3.63) is 28.2 Å². The Balaban J connectivity index is 1.69. The third-order valence-corrected chi connectivity index (χ3v) is 5.04. The lowest BCUT2D eigenvalue weighted by atomic mass is 10.1. The second-order valence-corrected chi connectivity index (χ2v) is 7.47. The van der Waals surface area contributed by atoms with Crippen molar-refractivity contribution in [2.24, 2.45) is 5.92 Å². The molecule has 2 saturated carbocycles. The second-order valence-electron chi connectivity index (χ2n) is 6.62. The number of rotatable bonds is 7. The topological polar surface area (TPSA) is 15.3 Å². The number of halogens is 1. The second kappa shape index (κ2) is 6.07. The van der Waals surface area contributed by atoms with Gasteiger partial charge in [-0.15, -0.1) is 0 Å². The maximum Gasteiger partial charge on any atom is 0.0380 e. The monoisotopic (exact) mass is 336 g/mol. The summed E-state index contributed by atoms with van der Waals surface area (Å²) < 4.78 is 1.24. The van der Waals surface area contributed by atoms with Gasteiger partial charge < -0.3 is 10.2 Å². The first-order valence-corrected chi connectivity index (χ1v) is 8.71. The Hall–Kier alpha value is -0.540. The number of nitrogens with zero attached hydrogens (tertiary/aromatic N) is 1. The first-order chi connectivity index (χ1) is 9.63. The summed E-state index contributed by atoms with van der Waals surface area (Å²) in [5, 5.41) is 3.58. The predicted molar refractivity (Wildman–Crippen MR) is 89.2 cm³/mol. The average molecular weight is 337 g/mol. The fourth-order valence-electron chi connectivity index (χ4n) is 2.59. The number of hydrogen-bond acceptors (Lipinski definition) is 2. The van der Waals surface area contributed by atoms with Gasteiger partial charge in [-0.3, -0.25) is 0 Å². The molecule has 0 bridgehead atoms. The standard InChI is InChI=1S/C17H25BrN2/c1-12(2)20(11-13-3-4-13)16-8-5-14(17(18)9-16)10-19-15-6-7-15/h5,8-9,12-13,15,19H,3-4,6-7,10-11H2,1-2H3. The van der Waals surface area contributed by atoms with E-state index in [4.69, 9.17) is 0 Å². The van der Waals surface area contributed by atoms with Crippen LogP contribution in [-0.2, 0) is 6.54 Å². The van der Waals surface area contributed by atoms with Crippen molar-refractivity contribution in [3.8, 4) is 0 Å². The number of hydrogen-bond donors (Lipinski definition) is 1. The third kappa shape index (κ3) is 3.76. The number of benzene rings is 1. The van der Waals surface area contributed by atoms with Gasteiger partial charge in [-0.1, -0.05) is 22.0 Å². The van der Waals surface area contributed by atoms with Gasteiger partial charge in [-0.2, -0.15) is 0 Å². The van der Waals surface area contributed by atoms with Gasteiger partial charge >= 0.3 is 0 Å². The SMILES string of the molecule is CC(C)N(CC1CC1)c1ccc(CNC2CC2)c(Br)c1. The molecule has 1 aromatic carbocycles. The van der Waals surface area contributed by atoms with E-state index < -0.39 is 0 Å².